The molecule has 0 aliphatic carbocycles. The van der Waals surface area contributed by atoms with Crippen LogP contribution in [-0.2, 0) is 21.4 Å². The van der Waals surface area contributed by atoms with E-state index in [-0.39, 0.29) is 27.8 Å². The first-order valence-corrected chi connectivity index (χ1v) is 15.8. The van der Waals surface area contributed by atoms with Gasteiger partial charge < -0.3 is 4.90 Å². The highest BCUT2D eigenvalue weighted by Crippen LogP contribution is 2.47. The fourth-order valence-electron chi connectivity index (χ4n) is 5.44. The molecular formula is C27H23Cl2N5O5S2. The van der Waals surface area contributed by atoms with Gasteiger partial charge in [-0.15, -0.1) is 11.3 Å². The van der Waals surface area contributed by atoms with Gasteiger partial charge >= 0.3 is 6.03 Å². The minimum Gasteiger partial charge on any atom is -0.310 e. The SMILES string of the molecule is CN1C(=O)N(c2cc(Cl)cc(Cl)c2)C(=O)[C@]12CN(Cc1cc(C(=O)NS(C)(=O)=O)cs1)C[C@H]2c1ccc(C#N)cc1. The van der Waals surface area contributed by atoms with Gasteiger partial charge in [0.25, 0.3) is 11.8 Å². The number of hydrogen-bond donors (Lipinski definition) is 1. The Labute approximate surface area is 250 Å². The second-order valence-electron chi connectivity index (χ2n) is 10.00. The number of sulfonamides is 1. The molecule has 2 aromatic carbocycles. The number of anilines is 1. The standard InChI is InChI=1S/C27H23Cl2N5O5S2/c1-32-26(37)34(21-9-19(28)8-20(29)10-21)25(36)27(32)15-33(13-23(27)17-5-3-16(11-30)4-6-17)12-22-7-18(14-40-22)24(35)31-41(2,38)39/h3-10,14,23H,12-13,15H2,1-2H3,(H,31,35)/t23-,27+/m0/s1. The first-order valence-electron chi connectivity index (χ1n) is 12.2. The van der Waals surface area contributed by atoms with Crippen molar-refractivity contribution in [1.29, 1.82) is 5.26 Å². The highest BCUT2D eigenvalue weighted by Gasteiger charge is 2.64. The number of likely N-dealkylation sites (N-methyl/N-ethyl adjacent to an activating group) is 1. The number of halogens is 2. The zero-order valence-corrected chi connectivity index (χ0v) is 24.9. The van der Waals surface area contributed by atoms with Gasteiger partial charge in [0.05, 0.1) is 29.1 Å². The number of amides is 4. The summed E-state index contributed by atoms with van der Waals surface area (Å²) in [6.45, 7) is 0.929. The maximum Gasteiger partial charge on any atom is 0.332 e. The number of nitrogens with zero attached hydrogens (tertiary/aromatic N) is 4. The molecule has 0 unspecified atom stereocenters. The van der Waals surface area contributed by atoms with Crippen molar-refractivity contribution in [3.8, 4) is 6.07 Å². The topological polar surface area (TPSA) is 131 Å². The van der Waals surface area contributed by atoms with E-state index in [1.54, 1.807) is 42.8 Å². The highest BCUT2D eigenvalue weighted by molar-refractivity contribution is 7.89. The van der Waals surface area contributed by atoms with Crippen molar-refractivity contribution in [3.63, 3.8) is 0 Å². The van der Waals surface area contributed by atoms with E-state index in [1.807, 2.05) is 9.62 Å². The number of thiophene rings is 1. The monoisotopic (exact) mass is 631 g/mol. The van der Waals surface area contributed by atoms with E-state index in [0.717, 1.165) is 21.6 Å². The number of carbonyl (C=O) groups excluding carboxylic acids is 3. The van der Waals surface area contributed by atoms with Crippen LogP contribution in [0.4, 0.5) is 10.5 Å². The first-order chi connectivity index (χ1) is 19.3. The lowest BCUT2D eigenvalue weighted by molar-refractivity contribution is -0.124. The van der Waals surface area contributed by atoms with E-state index >= 15 is 0 Å². The van der Waals surface area contributed by atoms with Crippen LogP contribution >= 0.6 is 34.5 Å². The molecule has 1 aromatic heterocycles. The molecule has 3 heterocycles. The number of likely N-dealkylation sites (tertiary alicyclic amines) is 1. The van der Waals surface area contributed by atoms with Crippen LogP contribution in [0.2, 0.25) is 10.0 Å². The van der Waals surface area contributed by atoms with Gasteiger partial charge in [0.15, 0.2) is 0 Å². The summed E-state index contributed by atoms with van der Waals surface area (Å²) >= 11 is 13.7. The molecule has 2 aliphatic rings. The van der Waals surface area contributed by atoms with Crippen LogP contribution in [-0.4, -0.2) is 68.0 Å². The summed E-state index contributed by atoms with van der Waals surface area (Å²) in [6.07, 6.45) is 0.905. The van der Waals surface area contributed by atoms with Gasteiger partial charge in [-0.05, 0) is 42.0 Å². The lowest BCUT2D eigenvalue weighted by atomic mass is 9.80. The zero-order valence-electron chi connectivity index (χ0n) is 21.8. The zero-order chi connectivity index (χ0) is 29.7. The molecule has 2 atom stereocenters. The van der Waals surface area contributed by atoms with Crippen molar-refractivity contribution < 1.29 is 22.8 Å². The van der Waals surface area contributed by atoms with E-state index < -0.39 is 39.3 Å². The predicted octanol–water partition coefficient (Wildman–Crippen LogP) is 4.05. The van der Waals surface area contributed by atoms with Crippen molar-refractivity contribution in [3.05, 3.63) is 85.5 Å². The molecule has 41 heavy (non-hydrogen) atoms. The summed E-state index contributed by atoms with van der Waals surface area (Å²) in [5.41, 5.74) is 0.436. The molecule has 4 amide bonds. The third kappa shape index (κ3) is 5.43. The number of nitrogens with one attached hydrogen (secondary N) is 1. The summed E-state index contributed by atoms with van der Waals surface area (Å²) in [5, 5.41) is 11.4. The van der Waals surface area contributed by atoms with Crippen molar-refractivity contribution in [2.45, 2.75) is 18.0 Å². The van der Waals surface area contributed by atoms with Gasteiger partial charge in [0.2, 0.25) is 10.0 Å². The number of urea groups is 1. The second-order valence-corrected chi connectivity index (χ2v) is 13.6. The number of imide groups is 1. The van der Waals surface area contributed by atoms with Crippen LogP contribution in [0.3, 0.4) is 0 Å². The molecule has 0 bridgehead atoms. The molecule has 2 aliphatic heterocycles. The highest BCUT2D eigenvalue weighted by atomic mass is 35.5. The van der Waals surface area contributed by atoms with Crippen LogP contribution in [0.25, 0.3) is 0 Å². The molecule has 0 saturated carbocycles. The van der Waals surface area contributed by atoms with E-state index in [9.17, 15) is 28.1 Å². The molecule has 5 rings (SSSR count). The molecule has 10 nitrogen and oxygen atoms in total. The van der Waals surface area contributed by atoms with Gasteiger partial charge in [-0.1, -0.05) is 35.3 Å². The molecule has 1 N–H and O–H groups in total. The Morgan fingerprint density at radius 2 is 1.80 bits per heavy atom. The minimum absolute atomic E-state index is 0.187. The minimum atomic E-state index is -3.72. The predicted molar refractivity (Wildman–Crippen MR) is 156 cm³/mol. The normalized spacial score (nSPS) is 21.1. The van der Waals surface area contributed by atoms with Crippen molar-refractivity contribution in [2.24, 2.45) is 0 Å². The van der Waals surface area contributed by atoms with Crippen LogP contribution < -0.4 is 9.62 Å². The summed E-state index contributed by atoms with van der Waals surface area (Å²) in [7, 11) is -2.13. The maximum absolute atomic E-state index is 14.3. The number of rotatable bonds is 6. The van der Waals surface area contributed by atoms with E-state index in [0.29, 0.717) is 18.7 Å². The smallest absolute Gasteiger partial charge is 0.310 e. The molecule has 2 fully saturated rings. The van der Waals surface area contributed by atoms with Crippen LogP contribution in [0.15, 0.2) is 53.9 Å². The quantitative estimate of drug-likeness (QED) is 0.406. The Kier molecular flexibility index (Phi) is 7.61. The number of nitriles is 1. The molecule has 2 saturated heterocycles. The number of carbonyl (C=O) groups is 3. The van der Waals surface area contributed by atoms with Crippen molar-refractivity contribution in [1.82, 2.24) is 14.5 Å². The lowest BCUT2D eigenvalue weighted by Crippen LogP contribution is -2.53. The molecule has 1 spiro atoms. The number of hydrogen-bond acceptors (Lipinski definition) is 8. The van der Waals surface area contributed by atoms with Gasteiger partial charge in [-0.3, -0.25) is 14.5 Å². The van der Waals surface area contributed by atoms with Gasteiger partial charge in [-0.25, -0.2) is 22.8 Å². The van der Waals surface area contributed by atoms with E-state index in [4.69, 9.17) is 23.2 Å². The van der Waals surface area contributed by atoms with Gasteiger partial charge in [-0.2, -0.15) is 5.26 Å². The summed E-state index contributed by atoms with van der Waals surface area (Å²) in [5.74, 6) is -1.61. The molecule has 3 aromatic rings. The first kappa shape index (κ1) is 29.0. The summed E-state index contributed by atoms with van der Waals surface area (Å²) < 4.78 is 24.9. The van der Waals surface area contributed by atoms with Crippen LogP contribution in [0, 0.1) is 11.3 Å². The van der Waals surface area contributed by atoms with Crippen molar-refractivity contribution in [2.75, 3.05) is 31.3 Å². The Morgan fingerprint density at radius 1 is 1.15 bits per heavy atom. The Balaban J connectivity index is 1.51. The van der Waals surface area contributed by atoms with E-state index in [2.05, 4.69) is 6.07 Å². The Bertz CT molecular complexity index is 1700. The van der Waals surface area contributed by atoms with Gasteiger partial charge in [0.1, 0.15) is 5.54 Å². The molecular weight excluding hydrogens is 609 g/mol. The van der Waals surface area contributed by atoms with Crippen LogP contribution in [0.5, 0.6) is 0 Å². The Hall–Kier alpha value is -3.47. The maximum atomic E-state index is 14.3. The summed E-state index contributed by atoms with van der Waals surface area (Å²) in [6, 6.07) is 14.6. The fourth-order valence-corrected chi connectivity index (χ4v) is 7.32. The lowest BCUT2D eigenvalue weighted by Gasteiger charge is -2.34. The number of benzene rings is 2. The third-order valence-electron chi connectivity index (χ3n) is 7.25. The van der Waals surface area contributed by atoms with Crippen molar-refractivity contribution >= 4 is 68.1 Å². The van der Waals surface area contributed by atoms with Gasteiger partial charge in [0, 0.05) is 52.9 Å². The Morgan fingerprint density at radius 3 is 2.41 bits per heavy atom. The third-order valence-corrected chi connectivity index (χ3v) is 9.17. The molecule has 14 heteroatoms. The second kappa shape index (κ2) is 10.7. The summed E-state index contributed by atoms with van der Waals surface area (Å²) in [4.78, 5) is 45.6. The largest absolute Gasteiger partial charge is 0.332 e. The van der Waals surface area contributed by atoms with E-state index in [1.165, 1.54) is 34.4 Å². The molecule has 0 radical (unpaired) electrons. The average molecular weight is 633 g/mol. The molecule has 212 valence electrons. The fraction of sp³-hybridized carbons (Fsp3) is 0.259. The average Bonchev–Trinajstić information content (AvgIpc) is 3.56. The van der Waals surface area contributed by atoms with Crippen LogP contribution in [0.1, 0.15) is 32.3 Å².